The first-order valence-corrected chi connectivity index (χ1v) is 12.6. The van der Waals surface area contributed by atoms with E-state index in [4.69, 9.17) is 0 Å². The molecule has 1 saturated heterocycles. The molecule has 0 N–H and O–H groups in total. The number of fused-ring (bicyclic) bond motifs is 1. The van der Waals surface area contributed by atoms with Crippen molar-refractivity contribution in [2.24, 2.45) is 14.1 Å². The van der Waals surface area contributed by atoms with Gasteiger partial charge in [0.2, 0.25) is 5.91 Å². The molecule has 3 aromatic rings. The minimum absolute atomic E-state index is 0.0150. The largest absolute Gasteiger partial charge is 0.368 e. The van der Waals surface area contributed by atoms with Gasteiger partial charge in [-0.25, -0.2) is 14.8 Å². The molecule has 180 valence electrons. The Morgan fingerprint density at radius 3 is 2.38 bits per heavy atom. The molecule has 1 aliphatic heterocycles. The Balaban J connectivity index is 1.53. The summed E-state index contributed by atoms with van der Waals surface area (Å²) in [6.45, 7) is 4.94. The average molecular weight is 483 g/mol. The zero-order chi connectivity index (χ0) is 24.2. The van der Waals surface area contributed by atoms with Gasteiger partial charge in [-0.2, -0.15) is 0 Å². The number of carbonyl (C=O) groups is 1. The first kappa shape index (κ1) is 24.0. The van der Waals surface area contributed by atoms with Crippen LogP contribution >= 0.6 is 11.8 Å². The van der Waals surface area contributed by atoms with Crippen molar-refractivity contribution in [1.29, 1.82) is 0 Å². The summed E-state index contributed by atoms with van der Waals surface area (Å²) in [7, 11) is 3.05. The van der Waals surface area contributed by atoms with Gasteiger partial charge in [-0.05, 0) is 18.6 Å². The highest BCUT2D eigenvalue weighted by Gasteiger charge is 2.23. The number of anilines is 1. The first-order chi connectivity index (χ1) is 16.4. The fourth-order valence-electron chi connectivity index (χ4n) is 4.10. The zero-order valence-electron chi connectivity index (χ0n) is 19.9. The van der Waals surface area contributed by atoms with E-state index < -0.39 is 11.2 Å². The second-order valence-corrected chi connectivity index (χ2v) is 9.41. The van der Waals surface area contributed by atoms with Crippen molar-refractivity contribution >= 4 is 34.4 Å². The smallest absolute Gasteiger partial charge is 0.332 e. The van der Waals surface area contributed by atoms with Crippen LogP contribution in [0, 0.1) is 0 Å². The van der Waals surface area contributed by atoms with Gasteiger partial charge in [0, 0.05) is 52.4 Å². The van der Waals surface area contributed by atoms with Crippen molar-refractivity contribution < 1.29 is 4.79 Å². The molecule has 10 heteroatoms. The van der Waals surface area contributed by atoms with E-state index in [1.54, 1.807) is 7.05 Å². The third kappa shape index (κ3) is 4.86. The molecule has 0 atom stereocenters. The standard InChI is InChI=1S/C24H30N6O3S/c1-4-5-11-18-25-21-20(23(32)28(3)24(33)27(21)2)22(26-18)34-16-19(31)30-14-12-29(13-15-30)17-9-7-6-8-10-17/h6-10H,4-5,11-16H2,1-3H3. The molecule has 0 radical (unpaired) electrons. The Bertz CT molecular complexity index is 1300. The van der Waals surface area contributed by atoms with E-state index in [1.165, 1.54) is 23.4 Å². The van der Waals surface area contributed by atoms with Gasteiger partial charge in [-0.1, -0.05) is 43.3 Å². The van der Waals surface area contributed by atoms with Crippen LogP contribution in [0.2, 0.25) is 0 Å². The minimum Gasteiger partial charge on any atom is -0.368 e. The highest BCUT2D eigenvalue weighted by Crippen LogP contribution is 2.24. The number of aromatic nitrogens is 4. The molecule has 1 amide bonds. The number of nitrogens with zero attached hydrogens (tertiary/aromatic N) is 6. The lowest BCUT2D eigenvalue weighted by Gasteiger charge is -2.36. The fourth-order valence-corrected chi connectivity index (χ4v) is 5.03. The maximum Gasteiger partial charge on any atom is 0.332 e. The summed E-state index contributed by atoms with van der Waals surface area (Å²) in [6, 6.07) is 10.2. The lowest BCUT2D eigenvalue weighted by atomic mass is 10.2. The molecule has 9 nitrogen and oxygen atoms in total. The number of unbranched alkanes of at least 4 members (excludes halogenated alkanes) is 1. The second kappa shape index (κ2) is 10.4. The van der Waals surface area contributed by atoms with Gasteiger partial charge in [-0.15, -0.1) is 0 Å². The highest BCUT2D eigenvalue weighted by molar-refractivity contribution is 8.00. The molecule has 1 aliphatic rings. The molecule has 3 heterocycles. The van der Waals surface area contributed by atoms with Crippen molar-refractivity contribution in [3.63, 3.8) is 0 Å². The third-order valence-corrected chi connectivity index (χ3v) is 7.11. The van der Waals surface area contributed by atoms with Gasteiger partial charge >= 0.3 is 5.69 Å². The number of benzene rings is 1. The van der Waals surface area contributed by atoms with Crippen LogP contribution in [0.4, 0.5) is 5.69 Å². The summed E-state index contributed by atoms with van der Waals surface area (Å²) in [5, 5.41) is 0.750. The Kier molecular flexibility index (Phi) is 7.35. The van der Waals surface area contributed by atoms with E-state index in [-0.39, 0.29) is 17.0 Å². The summed E-state index contributed by atoms with van der Waals surface area (Å²) in [4.78, 5) is 51.6. The average Bonchev–Trinajstić information content (AvgIpc) is 2.88. The van der Waals surface area contributed by atoms with Gasteiger partial charge in [0.25, 0.3) is 5.56 Å². The van der Waals surface area contributed by atoms with Crippen molar-refractivity contribution in [2.75, 3.05) is 36.8 Å². The van der Waals surface area contributed by atoms with Crippen LogP contribution in [0.3, 0.4) is 0 Å². The van der Waals surface area contributed by atoms with E-state index >= 15 is 0 Å². The number of hydrogen-bond acceptors (Lipinski definition) is 7. The Morgan fingerprint density at radius 1 is 1.00 bits per heavy atom. The number of thioether (sulfide) groups is 1. The number of rotatable bonds is 7. The lowest BCUT2D eigenvalue weighted by molar-refractivity contribution is -0.128. The van der Waals surface area contributed by atoms with Crippen LogP contribution in [-0.2, 0) is 25.3 Å². The number of para-hydroxylation sites is 1. The van der Waals surface area contributed by atoms with Crippen LogP contribution < -0.4 is 16.1 Å². The molecule has 0 unspecified atom stereocenters. The van der Waals surface area contributed by atoms with Crippen LogP contribution in [0.1, 0.15) is 25.6 Å². The zero-order valence-corrected chi connectivity index (χ0v) is 20.7. The molecule has 2 aromatic heterocycles. The highest BCUT2D eigenvalue weighted by atomic mass is 32.2. The molecule has 0 aliphatic carbocycles. The van der Waals surface area contributed by atoms with Gasteiger partial charge < -0.3 is 9.80 Å². The van der Waals surface area contributed by atoms with Gasteiger partial charge in [0.05, 0.1) is 5.75 Å². The maximum absolute atomic E-state index is 13.0. The lowest BCUT2D eigenvalue weighted by Crippen LogP contribution is -2.49. The van der Waals surface area contributed by atoms with E-state index in [0.29, 0.717) is 36.0 Å². The van der Waals surface area contributed by atoms with Crippen LogP contribution in [0.15, 0.2) is 44.9 Å². The molecule has 0 bridgehead atoms. The van der Waals surface area contributed by atoms with E-state index in [1.807, 2.05) is 23.1 Å². The molecule has 1 fully saturated rings. The fraction of sp³-hybridized carbons (Fsp3) is 0.458. The van der Waals surface area contributed by atoms with Crippen molar-refractivity contribution in [3.8, 4) is 0 Å². The summed E-state index contributed by atoms with van der Waals surface area (Å²) in [5.41, 5.74) is 0.616. The van der Waals surface area contributed by atoms with E-state index in [2.05, 4.69) is 33.9 Å². The predicted octanol–water partition coefficient (Wildman–Crippen LogP) is 1.81. The van der Waals surface area contributed by atoms with Crippen molar-refractivity contribution in [1.82, 2.24) is 24.0 Å². The predicted molar refractivity (Wildman–Crippen MR) is 135 cm³/mol. The molecule has 1 aromatic carbocycles. The van der Waals surface area contributed by atoms with Crippen LogP contribution in [-0.4, -0.2) is 61.8 Å². The van der Waals surface area contributed by atoms with Gasteiger partial charge in [-0.3, -0.25) is 18.7 Å². The molecule has 0 saturated carbocycles. The van der Waals surface area contributed by atoms with Gasteiger partial charge in [0.15, 0.2) is 5.65 Å². The number of piperazine rings is 1. The number of amides is 1. The SMILES string of the molecule is CCCCc1nc(SCC(=O)N2CCN(c3ccccc3)CC2)c2c(=O)n(C)c(=O)n(C)c2n1. The molecular weight excluding hydrogens is 452 g/mol. The van der Waals surface area contributed by atoms with Crippen LogP contribution in [0.5, 0.6) is 0 Å². The quantitative estimate of drug-likeness (QED) is 0.375. The summed E-state index contributed by atoms with van der Waals surface area (Å²) >= 11 is 1.25. The van der Waals surface area contributed by atoms with E-state index in [9.17, 15) is 14.4 Å². The number of aryl methyl sites for hydroxylation is 2. The number of hydrogen-bond donors (Lipinski definition) is 0. The Morgan fingerprint density at radius 2 is 1.71 bits per heavy atom. The molecule has 4 rings (SSSR count). The summed E-state index contributed by atoms with van der Waals surface area (Å²) in [5.74, 6) is 0.779. The normalized spacial score (nSPS) is 14.1. The second-order valence-electron chi connectivity index (χ2n) is 8.44. The van der Waals surface area contributed by atoms with Gasteiger partial charge in [0.1, 0.15) is 16.2 Å². The van der Waals surface area contributed by atoms with Crippen molar-refractivity contribution in [2.45, 2.75) is 31.2 Å². The summed E-state index contributed by atoms with van der Waals surface area (Å²) in [6.07, 6.45) is 2.53. The van der Waals surface area contributed by atoms with Crippen molar-refractivity contribution in [3.05, 3.63) is 57.0 Å². The van der Waals surface area contributed by atoms with E-state index in [0.717, 1.165) is 36.2 Å². The maximum atomic E-state index is 13.0. The summed E-state index contributed by atoms with van der Waals surface area (Å²) < 4.78 is 2.44. The minimum atomic E-state index is -0.438. The number of carbonyl (C=O) groups excluding carboxylic acids is 1. The Hall–Kier alpha value is -3.14. The Labute approximate surface area is 202 Å². The molecular formula is C24H30N6O3S. The monoisotopic (exact) mass is 482 g/mol. The molecule has 34 heavy (non-hydrogen) atoms. The third-order valence-electron chi connectivity index (χ3n) is 6.15. The van der Waals surface area contributed by atoms with Crippen LogP contribution in [0.25, 0.3) is 11.0 Å². The topological polar surface area (TPSA) is 93.3 Å². The molecule has 0 spiro atoms. The first-order valence-electron chi connectivity index (χ1n) is 11.6.